The van der Waals surface area contributed by atoms with Gasteiger partial charge in [0.15, 0.2) is 5.65 Å². The molecule has 0 bridgehead atoms. The number of alkyl halides is 3. The van der Waals surface area contributed by atoms with Crippen molar-refractivity contribution in [1.29, 1.82) is 0 Å². The van der Waals surface area contributed by atoms with Gasteiger partial charge in [-0.25, -0.2) is 9.97 Å². The van der Waals surface area contributed by atoms with Crippen molar-refractivity contribution < 1.29 is 13.2 Å². The van der Waals surface area contributed by atoms with Gasteiger partial charge >= 0.3 is 6.18 Å². The number of benzene rings is 1. The van der Waals surface area contributed by atoms with Crippen molar-refractivity contribution >= 4 is 28.8 Å². The van der Waals surface area contributed by atoms with E-state index in [0.29, 0.717) is 21.8 Å². The molecule has 27 heavy (non-hydrogen) atoms. The van der Waals surface area contributed by atoms with E-state index in [4.69, 9.17) is 23.2 Å². The molecule has 9 heteroatoms. The van der Waals surface area contributed by atoms with Crippen LogP contribution in [0.3, 0.4) is 0 Å². The minimum absolute atomic E-state index is 0.0806. The lowest BCUT2D eigenvalue weighted by Gasteiger charge is -2.12. The fraction of sp³-hybridized carbons (Fsp3) is 0.0556. The van der Waals surface area contributed by atoms with E-state index in [1.54, 1.807) is 18.2 Å². The average molecular weight is 409 g/mol. The molecule has 0 aliphatic carbocycles. The highest BCUT2D eigenvalue weighted by atomic mass is 35.5. The largest absolute Gasteiger partial charge is 0.431 e. The van der Waals surface area contributed by atoms with Crippen molar-refractivity contribution in [2.75, 3.05) is 0 Å². The second-order valence-corrected chi connectivity index (χ2v) is 6.49. The van der Waals surface area contributed by atoms with Gasteiger partial charge in [-0.3, -0.25) is 9.38 Å². The Kier molecular flexibility index (Phi) is 4.28. The van der Waals surface area contributed by atoms with Crippen molar-refractivity contribution in [3.63, 3.8) is 0 Å². The summed E-state index contributed by atoms with van der Waals surface area (Å²) >= 11 is 11.9. The number of nitrogens with zero attached hydrogens (tertiary/aromatic N) is 4. The van der Waals surface area contributed by atoms with Crippen LogP contribution >= 0.6 is 23.2 Å². The minimum atomic E-state index is -4.59. The van der Waals surface area contributed by atoms with Gasteiger partial charge < -0.3 is 0 Å². The normalized spacial score (nSPS) is 11.9. The predicted octanol–water partition coefficient (Wildman–Crippen LogP) is 5.78. The van der Waals surface area contributed by atoms with Crippen LogP contribution in [0.5, 0.6) is 0 Å². The predicted molar refractivity (Wildman–Crippen MR) is 96.7 cm³/mol. The molecule has 0 aliphatic rings. The van der Waals surface area contributed by atoms with Gasteiger partial charge in [0, 0.05) is 23.5 Å². The Balaban J connectivity index is 2.01. The molecule has 3 heterocycles. The summed E-state index contributed by atoms with van der Waals surface area (Å²) in [7, 11) is 0. The number of halogens is 5. The monoisotopic (exact) mass is 408 g/mol. The highest BCUT2D eigenvalue weighted by molar-refractivity contribution is 6.42. The van der Waals surface area contributed by atoms with Crippen molar-refractivity contribution in [1.82, 2.24) is 19.4 Å². The van der Waals surface area contributed by atoms with Crippen molar-refractivity contribution in [3.8, 4) is 22.5 Å². The number of fused-ring (bicyclic) bond motifs is 1. The van der Waals surface area contributed by atoms with Crippen LogP contribution in [-0.2, 0) is 6.18 Å². The van der Waals surface area contributed by atoms with E-state index in [9.17, 15) is 13.2 Å². The molecule has 0 spiro atoms. The summed E-state index contributed by atoms with van der Waals surface area (Å²) in [5.74, 6) is 0. The third-order valence-electron chi connectivity index (χ3n) is 3.96. The van der Waals surface area contributed by atoms with Crippen LogP contribution in [0.2, 0.25) is 10.0 Å². The van der Waals surface area contributed by atoms with Crippen LogP contribution in [0, 0.1) is 0 Å². The topological polar surface area (TPSA) is 43.1 Å². The first-order valence-electron chi connectivity index (χ1n) is 7.66. The van der Waals surface area contributed by atoms with Crippen LogP contribution in [-0.4, -0.2) is 19.4 Å². The molecule has 0 aliphatic heterocycles. The molecule has 0 fully saturated rings. The lowest BCUT2D eigenvalue weighted by atomic mass is 10.1. The van der Waals surface area contributed by atoms with Crippen molar-refractivity contribution in [2.24, 2.45) is 0 Å². The Morgan fingerprint density at radius 1 is 0.889 bits per heavy atom. The van der Waals surface area contributed by atoms with E-state index in [1.807, 2.05) is 0 Å². The van der Waals surface area contributed by atoms with E-state index in [2.05, 4.69) is 15.0 Å². The Hall–Kier alpha value is -2.64. The number of hydrogen-bond donors (Lipinski definition) is 0. The first-order valence-corrected chi connectivity index (χ1v) is 8.41. The lowest BCUT2D eigenvalue weighted by Crippen LogP contribution is -2.12. The van der Waals surface area contributed by atoms with Gasteiger partial charge in [-0.15, -0.1) is 0 Å². The number of hydrogen-bond acceptors (Lipinski definition) is 3. The molecule has 0 unspecified atom stereocenters. The molecule has 3 aromatic heterocycles. The maximum atomic E-state index is 13.6. The molecular formula is C18H9Cl2F3N4. The number of aromatic nitrogens is 4. The summed E-state index contributed by atoms with van der Waals surface area (Å²) in [6, 6.07) is 8.83. The smallest absolute Gasteiger partial charge is 0.278 e. The van der Waals surface area contributed by atoms with Crippen LogP contribution in [0.1, 0.15) is 5.69 Å². The summed E-state index contributed by atoms with van der Waals surface area (Å²) < 4.78 is 41.8. The van der Waals surface area contributed by atoms with E-state index in [-0.39, 0.29) is 16.4 Å². The molecule has 4 aromatic rings. The molecule has 0 amide bonds. The summed E-state index contributed by atoms with van der Waals surface area (Å²) in [6.45, 7) is 0. The Bertz CT molecular complexity index is 1140. The first kappa shape index (κ1) is 17.8. The van der Waals surface area contributed by atoms with Crippen LogP contribution in [0.15, 0.2) is 55.1 Å². The zero-order chi connectivity index (χ0) is 19.2. The maximum Gasteiger partial charge on any atom is 0.431 e. The Morgan fingerprint density at radius 3 is 2.30 bits per heavy atom. The molecule has 0 atom stereocenters. The van der Waals surface area contributed by atoms with E-state index >= 15 is 0 Å². The second kappa shape index (κ2) is 6.51. The quantitative estimate of drug-likeness (QED) is 0.421. The molecule has 4 nitrogen and oxygen atoms in total. The van der Waals surface area contributed by atoms with Crippen LogP contribution in [0.25, 0.3) is 28.2 Å². The van der Waals surface area contributed by atoms with E-state index < -0.39 is 11.9 Å². The molecule has 0 saturated carbocycles. The van der Waals surface area contributed by atoms with Gasteiger partial charge in [0.1, 0.15) is 17.7 Å². The van der Waals surface area contributed by atoms with E-state index in [0.717, 1.165) is 16.8 Å². The third-order valence-corrected chi connectivity index (χ3v) is 4.70. The molecule has 136 valence electrons. The molecule has 0 saturated heterocycles. The SMILES string of the molecule is FC(F)(F)c1cc(-c2ccc(Cl)c(Cl)c2)nc2c(-c3ccncc3)ncn12. The second-order valence-electron chi connectivity index (χ2n) is 5.68. The maximum absolute atomic E-state index is 13.6. The van der Waals surface area contributed by atoms with Crippen LogP contribution < -0.4 is 0 Å². The van der Waals surface area contributed by atoms with Gasteiger partial charge in [0.2, 0.25) is 0 Å². The minimum Gasteiger partial charge on any atom is -0.278 e. The molecule has 1 aromatic carbocycles. The van der Waals surface area contributed by atoms with Crippen molar-refractivity contribution in [3.05, 3.63) is 70.9 Å². The molecule has 4 rings (SSSR count). The number of imidazole rings is 1. The van der Waals surface area contributed by atoms with Gasteiger partial charge in [0.05, 0.1) is 15.7 Å². The summed E-state index contributed by atoms with van der Waals surface area (Å²) in [6.07, 6.45) is -0.413. The van der Waals surface area contributed by atoms with E-state index in [1.165, 1.54) is 24.5 Å². The average Bonchev–Trinajstić information content (AvgIpc) is 3.07. The zero-order valence-electron chi connectivity index (χ0n) is 13.4. The zero-order valence-corrected chi connectivity index (χ0v) is 14.9. The fourth-order valence-electron chi connectivity index (χ4n) is 2.71. The van der Waals surface area contributed by atoms with Gasteiger partial charge in [0.25, 0.3) is 0 Å². The summed E-state index contributed by atoms with van der Waals surface area (Å²) in [4.78, 5) is 12.4. The third kappa shape index (κ3) is 3.24. The first-order chi connectivity index (χ1) is 12.8. The number of pyridine rings is 1. The standard InChI is InChI=1S/C18H9Cl2F3N4/c19-12-2-1-11(7-13(12)20)14-8-15(18(21,22)23)27-9-25-16(17(27)26-14)10-3-5-24-6-4-10/h1-9H. The lowest BCUT2D eigenvalue weighted by molar-refractivity contribution is -0.142. The summed E-state index contributed by atoms with van der Waals surface area (Å²) in [5, 5.41) is 0.534. The van der Waals surface area contributed by atoms with Gasteiger partial charge in [-0.05, 0) is 30.3 Å². The number of rotatable bonds is 2. The van der Waals surface area contributed by atoms with Crippen LogP contribution in [0.4, 0.5) is 13.2 Å². The summed E-state index contributed by atoms with van der Waals surface area (Å²) in [5.41, 5.74) is 0.658. The van der Waals surface area contributed by atoms with Gasteiger partial charge in [-0.2, -0.15) is 13.2 Å². The Morgan fingerprint density at radius 2 is 1.63 bits per heavy atom. The highest BCUT2D eigenvalue weighted by Crippen LogP contribution is 2.35. The molecular weight excluding hydrogens is 400 g/mol. The van der Waals surface area contributed by atoms with Gasteiger partial charge in [-0.1, -0.05) is 29.3 Å². The molecule has 0 radical (unpaired) electrons. The Labute approximate surface area is 161 Å². The van der Waals surface area contributed by atoms with Crippen molar-refractivity contribution in [2.45, 2.75) is 6.18 Å². The highest BCUT2D eigenvalue weighted by Gasteiger charge is 2.35. The molecule has 0 N–H and O–H groups in total. The fourth-order valence-corrected chi connectivity index (χ4v) is 3.00.